The number of aromatic nitrogens is 1. The molecule has 1 aliphatic heterocycles. The van der Waals surface area contributed by atoms with Gasteiger partial charge in [-0.3, -0.25) is 9.59 Å². The van der Waals surface area contributed by atoms with E-state index in [1.54, 1.807) is 48.6 Å². The molecule has 2 N–H and O–H groups in total. The molecule has 2 rings (SSSR count). The molecule has 1 aromatic heterocycles. The Labute approximate surface area is 196 Å². The van der Waals surface area contributed by atoms with Gasteiger partial charge >= 0.3 is 0 Å². The summed E-state index contributed by atoms with van der Waals surface area (Å²) in [5.74, 6) is 5.24. The van der Waals surface area contributed by atoms with Crippen molar-refractivity contribution in [2.45, 2.75) is 45.4 Å². The predicted molar refractivity (Wildman–Crippen MR) is 125 cm³/mol. The summed E-state index contributed by atoms with van der Waals surface area (Å²) in [6, 6.07) is 1.18. The summed E-state index contributed by atoms with van der Waals surface area (Å²) in [5.41, 5.74) is -0.489. The van der Waals surface area contributed by atoms with Gasteiger partial charge in [0.2, 0.25) is 11.8 Å². The second kappa shape index (κ2) is 11.0. The lowest BCUT2D eigenvalue weighted by Gasteiger charge is -2.37. The molecular weight excluding hydrogens is 424 g/mol. The van der Waals surface area contributed by atoms with Crippen molar-refractivity contribution in [1.29, 1.82) is 0 Å². The lowest BCUT2D eigenvalue weighted by molar-refractivity contribution is -0.132. The molecule has 0 aliphatic carbocycles. The highest BCUT2D eigenvalue weighted by Crippen LogP contribution is 2.27. The molecule has 0 spiro atoms. The fraction of sp³-hybridized carbons (Fsp3) is 0.625. The first-order valence-corrected chi connectivity index (χ1v) is 11.0. The van der Waals surface area contributed by atoms with Crippen LogP contribution in [0.2, 0.25) is 0 Å². The number of amides is 2. The van der Waals surface area contributed by atoms with Gasteiger partial charge < -0.3 is 29.6 Å². The third kappa shape index (κ3) is 7.42. The third-order valence-corrected chi connectivity index (χ3v) is 5.36. The lowest BCUT2D eigenvalue weighted by Crippen LogP contribution is -2.51. The fourth-order valence-corrected chi connectivity index (χ4v) is 3.38. The van der Waals surface area contributed by atoms with Crippen molar-refractivity contribution < 1.29 is 24.5 Å². The molecule has 0 aromatic carbocycles. The Kier molecular flexibility index (Phi) is 8.83. The molecule has 2 amide bonds. The summed E-state index contributed by atoms with van der Waals surface area (Å²) in [6.07, 6.45) is 1.08. The topological polar surface area (TPSA) is 106 Å². The number of ether oxygens (including phenoxy) is 1. The van der Waals surface area contributed by atoms with Gasteiger partial charge in [0.1, 0.15) is 17.3 Å². The Morgan fingerprint density at radius 1 is 1.39 bits per heavy atom. The van der Waals surface area contributed by atoms with Crippen LogP contribution in [0.15, 0.2) is 12.3 Å². The minimum absolute atomic E-state index is 0.0417. The summed E-state index contributed by atoms with van der Waals surface area (Å²) in [5, 5.41) is 19.6. The number of aliphatic hydroxyl groups is 2. The first-order chi connectivity index (χ1) is 15.3. The first-order valence-electron chi connectivity index (χ1n) is 11.0. The number of fused-ring (bicyclic) bond motifs is 1. The molecule has 0 saturated heterocycles. The Balaban J connectivity index is 2.44. The van der Waals surface area contributed by atoms with Crippen molar-refractivity contribution >= 4 is 11.8 Å². The normalized spacial score (nSPS) is 19.6. The SMILES string of the molecule is C[C@@H]1CN([C@H](C)CO)C(=O)c2cc(C#CC(C)(C)O)cnc2O[C@@H]1CN(C)C(=O)CN(C)C. The average molecular weight is 461 g/mol. The molecule has 182 valence electrons. The molecule has 0 saturated carbocycles. The molecule has 33 heavy (non-hydrogen) atoms. The number of hydrogen-bond donors (Lipinski definition) is 2. The van der Waals surface area contributed by atoms with Gasteiger partial charge in [-0.05, 0) is 40.9 Å². The van der Waals surface area contributed by atoms with Crippen LogP contribution in [0.25, 0.3) is 0 Å². The number of aliphatic hydroxyl groups excluding tert-OH is 1. The van der Waals surface area contributed by atoms with Crippen LogP contribution < -0.4 is 4.74 Å². The van der Waals surface area contributed by atoms with Gasteiger partial charge in [0, 0.05) is 31.3 Å². The van der Waals surface area contributed by atoms with Crippen molar-refractivity contribution in [2.75, 3.05) is 47.4 Å². The first kappa shape index (κ1) is 26.6. The van der Waals surface area contributed by atoms with Crippen LogP contribution in [0.1, 0.15) is 43.6 Å². The minimum Gasteiger partial charge on any atom is -0.472 e. The van der Waals surface area contributed by atoms with E-state index in [-0.39, 0.29) is 42.3 Å². The molecule has 9 nitrogen and oxygen atoms in total. The van der Waals surface area contributed by atoms with E-state index < -0.39 is 17.7 Å². The molecule has 2 heterocycles. The Bertz CT molecular complexity index is 916. The fourth-order valence-electron chi connectivity index (χ4n) is 3.38. The highest BCUT2D eigenvalue weighted by Gasteiger charge is 2.34. The van der Waals surface area contributed by atoms with Crippen LogP contribution in [0.5, 0.6) is 5.88 Å². The molecular formula is C24H36N4O5. The molecule has 0 fully saturated rings. The second-order valence-electron chi connectivity index (χ2n) is 9.52. The van der Waals surface area contributed by atoms with Gasteiger partial charge in [0.05, 0.1) is 25.7 Å². The maximum absolute atomic E-state index is 13.4. The van der Waals surface area contributed by atoms with E-state index in [0.29, 0.717) is 18.7 Å². The standard InChI is InChI=1S/C24H36N4O5/c1-16-12-28(17(2)15-29)23(31)19-10-18(8-9-24(3,4)32)11-25-22(19)33-20(16)13-27(7)21(30)14-26(5)6/h10-11,16-17,20,29,32H,12-15H2,1-7H3/t16-,17-,20-/m1/s1. The molecule has 3 atom stereocenters. The van der Waals surface area contributed by atoms with E-state index in [4.69, 9.17) is 4.74 Å². The number of rotatable bonds is 6. The number of nitrogens with zero attached hydrogens (tertiary/aromatic N) is 4. The van der Waals surface area contributed by atoms with Crippen molar-refractivity contribution in [3.05, 3.63) is 23.4 Å². The molecule has 1 aromatic rings. The maximum atomic E-state index is 13.4. The second-order valence-corrected chi connectivity index (χ2v) is 9.52. The summed E-state index contributed by atoms with van der Waals surface area (Å²) >= 11 is 0. The van der Waals surface area contributed by atoms with Gasteiger partial charge in [-0.1, -0.05) is 18.8 Å². The lowest BCUT2D eigenvalue weighted by atomic mass is 9.99. The van der Waals surface area contributed by atoms with Gasteiger partial charge in [0.15, 0.2) is 0 Å². The Hall–Kier alpha value is -2.67. The van der Waals surface area contributed by atoms with Crippen LogP contribution in [-0.4, -0.2) is 107 Å². The highest BCUT2D eigenvalue weighted by atomic mass is 16.5. The van der Waals surface area contributed by atoms with E-state index in [0.717, 1.165) is 0 Å². The highest BCUT2D eigenvalue weighted by molar-refractivity contribution is 5.97. The van der Waals surface area contributed by atoms with E-state index >= 15 is 0 Å². The molecule has 0 unspecified atom stereocenters. The number of hydrogen-bond acceptors (Lipinski definition) is 7. The van der Waals surface area contributed by atoms with Gasteiger partial charge in [-0.15, -0.1) is 0 Å². The van der Waals surface area contributed by atoms with Crippen LogP contribution in [0.3, 0.4) is 0 Å². The zero-order valence-electron chi connectivity index (χ0n) is 20.6. The largest absolute Gasteiger partial charge is 0.472 e. The molecule has 0 radical (unpaired) electrons. The third-order valence-electron chi connectivity index (χ3n) is 5.36. The smallest absolute Gasteiger partial charge is 0.259 e. The van der Waals surface area contributed by atoms with Crippen molar-refractivity contribution in [3.63, 3.8) is 0 Å². The molecule has 1 aliphatic rings. The average Bonchev–Trinajstić information content (AvgIpc) is 2.73. The summed E-state index contributed by atoms with van der Waals surface area (Å²) in [7, 11) is 5.39. The van der Waals surface area contributed by atoms with Crippen LogP contribution in [0.4, 0.5) is 0 Å². The summed E-state index contributed by atoms with van der Waals surface area (Å²) in [4.78, 5) is 35.2. The predicted octanol–water partition coefficient (Wildman–Crippen LogP) is 0.444. The number of carbonyl (C=O) groups excluding carboxylic acids is 2. The van der Waals surface area contributed by atoms with Crippen LogP contribution in [0, 0.1) is 17.8 Å². The number of likely N-dealkylation sites (N-methyl/N-ethyl adjacent to an activating group) is 2. The minimum atomic E-state index is -1.19. The monoisotopic (exact) mass is 460 g/mol. The van der Waals surface area contributed by atoms with Gasteiger partial charge in [0.25, 0.3) is 5.91 Å². The van der Waals surface area contributed by atoms with Crippen molar-refractivity contribution in [1.82, 2.24) is 19.7 Å². The summed E-state index contributed by atoms with van der Waals surface area (Å²) < 4.78 is 6.18. The van der Waals surface area contributed by atoms with Crippen LogP contribution in [-0.2, 0) is 4.79 Å². The quantitative estimate of drug-likeness (QED) is 0.594. The van der Waals surface area contributed by atoms with Gasteiger partial charge in [-0.2, -0.15) is 0 Å². The zero-order chi connectivity index (χ0) is 24.9. The summed E-state index contributed by atoms with van der Waals surface area (Å²) in [6.45, 7) is 7.63. The van der Waals surface area contributed by atoms with E-state index in [9.17, 15) is 19.8 Å². The van der Waals surface area contributed by atoms with E-state index in [2.05, 4.69) is 16.8 Å². The molecule has 0 bridgehead atoms. The van der Waals surface area contributed by atoms with Crippen LogP contribution >= 0.6 is 0 Å². The number of pyridine rings is 1. The zero-order valence-corrected chi connectivity index (χ0v) is 20.6. The van der Waals surface area contributed by atoms with E-state index in [1.807, 2.05) is 21.0 Å². The van der Waals surface area contributed by atoms with Gasteiger partial charge in [-0.25, -0.2) is 4.98 Å². The Morgan fingerprint density at radius 2 is 2.06 bits per heavy atom. The number of carbonyl (C=O) groups is 2. The maximum Gasteiger partial charge on any atom is 0.259 e. The van der Waals surface area contributed by atoms with E-state index in [1.165, 1.54) is 6.20 Å². The van der Waals surface area contributed by atoms with Crippen molar-refractivity contribution in [3.8, 4) is 17.7 Å². The van der Waals surface area contributed by atoms with Crippen molar-refractivity contribution in [2.24, 2.45) is 5.92 Å². The Morgan fingerprint density at radius 3 is 2.64 bits per heavy atom. The molecule has 9 heteroatoms.